The first-order valence-electron chi connectivity index (χ1n) is 9.53. The zero-order valence-corrected chi connectivity index (χ0v) is 19.5. The molecule has 0 saturated heterocycles. The van der Waals surface area contributed by atoms with E-state index in [0.29, 0.717) is 31.3 Å². The number of rotatable bonds is 5. The SMILES string of the molecule is COc1ccc([C@@H]2NC(=S)NC(c3ccccc3)=C2C(=O)c2ccccc2)c(I)c1O. The standard InChI is InChI=1S/C24H19IN2O3S/c1-30-17-13-12-16(19(25)23(17)29)21-18(22(28)15-10-6-3-7-11-15)20(26-24(31)27-21)14-8-4-2-5-9-14/h2-13,21,29H,1H3,(H2,26,27,31)/t21-/m0/s1. The van der Waals surface area contributed by atoms with Crippen LogP contribution in [0.4, 0.5) is 0 Å². The molecule has 0 fully saturated rings. The number of ether oxygens (including phenoxy) is 1. The third kappa shape index (κ3) is 4.15. The van der Waals surface area contributed by atoms with Crippen LogP contribution in [-0.4, -0.2) is 23.1 Å². The number of carbonyl (C=O) groups is 1. The Morgan fingerprint density at radius 1 is 1.03 bits per heavy atom. The van der Waals surface area contributed by atoms with Crippen LogP contribution in [-0.2, 0) is 0 Å². The zero-order chi connectivity index (χ0) is 22.0. The Kier molecular flexibility index (Phi) is 6.24. The van der Waals surface area contributed by atoms with Crippen molar-refractivity contribution in [3.8, 4) is 11.5 Å². The molecule has 0 unspecified atom stereocenters. The number of Topliss-reactive ketones (excluding diaryl/α,β-unsaturated/α-hetero) is 1. The number of halogens is 1. The second-order valence-corrected chi connectivity index (χ2v) is 8.39. The summed E-state index contributed by atoms with van der Waals surface area (Å²) in [6, 6.07) is 21.7. The molecular weight excluding hydrogens is 523 g/mol. The largest absolute Gasteiger partial charge is 0.504 e. The molecule has 1 aliphatic rings. The van der Waals surface area contributed by atoms with E-state index in [9.17, 15) is 9.90 Å². The van der Waals surface area contributed by atoms with E-state index in [1.165, 1.54) is 7.11 Å². The fourth-order valence-electron chi connectivity index (χ4n) is 3.57. The Bertz CT molecular complexity index is 1180. The summed E-state index contributed by atoms with van der Waals surface area (Å²) in [5.74, 6) is 0.269. The Labute approximate surface area is 199 Å². The van der Waals surface area contributed by atoms with Crippen LogP contribution in [0.2, 0.25) is 0 Å². The molecule has 0 saturated carbocycles. The van der Waals surface area contributed by atoms with Gasteiger partial charge in [-0.1, -0.05) is 66.7 Å². The molecule has 4 rings (SSSR count). The lowest BCUT2D eigenvalue weighted by Crippen LogP contribution is -2.45. The molecule has 0 aromatic heterocycles. The fraction of sp³-hybridized carbons (Fsp3) is 0.0833. The molecule has 0 spiro atoms. The highest BCUT2D eigenvalue weighted by Gasteiger charge is 2.34. The second-order valence-electron chi connectivity index (χ2n) is 6.90. The lowest BCUT2D eigenvalue weighted by atomic mass is 9.87. The van der Waals surface area contributed by atoms with Gasteiger partial charge in [0.2, 0.25) is 0 Å². The van der Waals surface area contributed by atoms with E-state index < -0.39 is 6.04 Å². The second kappa shape index (κ2) is 9.07. The van der Waals surface area contributed by atoms with Gasteiger partial charge in [0.1, 0.15) is 0 Å². The number of hydrogen-bond acceptors (Lipinski definition) is 4. The monoisotopic (exact) mass is 542 g/mol. The lowest BCUT2D eigenvalue weighted by molar-refractivity contribution is 0.102. The first-order chi connectivity index (χ1) is 15.0. The Morgan fingerprint density at radius 3 is 2.32 bits per heavy atom. The summed E-state index contributed by atoms with van der Waals surface area (Å²) in [7, 11) is 1.50. The van der Waals surface area contributed by atoms with E-state index in [-0.39, 0.29) is 11.5 Å². The van der Waals surface area contributed by atoms with Crippen molar-refractivity contribution in [3.05, 3.63) is 98.6 Å². The summed E-state index contributed by atoms with van der Waals surface area (Å²) >= 11 is 7.55. The molecule has 0 aliphatic carbocycles. The van der Waals surface area contributed by atoms with Crippen molar-refractivity contribution < 1.29 is 14.6 Å². The van der Waals surface area contributed by atoms with Crippen LogP contribution >= 0.6 is 34.8 Å². The average Bonchev–Trinajstić information content (AvgIpc) is 2.81. The van der Waals surface area contributed by atoms with E-state index in [1.807, 2.05) is 54.6 Å². The number of methoxy groups -OCH3 is 1. The maximum absolute atomic E-state index is 13.7. The number of aromatic hydroxyl groups is 1. The molecule has 1 heterocycles. The first-order valence-corrected chi connectivity index (χ1v) is 11.0. The van der Waals surface area contributed by atoms with Crippen LogP contribution in [0.25, 0.3) is 5.70 Å². The lowest BCUT2D eigenvalue weighted by Gasteiger charge is -2.32. The fourth-order valence-corrected chi connectivity index (χ4v) is 4.55. The molecule has 31 heavy (non-hydrogen) atoms. The van der Waals surface area contributed by atoms with Crippen molar-refractivity contribution in [1.82, 2.24) is 10.6 Å². The van der Waals surface area contributed by atoms with Crippen molar-refractivity contribution in [1.29, 1.82) is 0 Å². The van der Waals surface area contributed by atoms with Gasteiger partial charge in [0, 0.05) is 5.56 Å². The minimum absolute atomic E-state index is 0.0274. The van der Waals surface area contributed by atoms with E-state index in [4.69, 9.17) is 17.0 Å². The first kappa shape index (κ1) is 21.3. The smallest absolute Gasteiger partial charge is 0.193 e. The van der Waals surface area contributed by atoms with Gasteiger partial charge in [-0.25, -0.2) is 0 Å². The highest BCUT2D eigenvalue weighted by atomic mass is 127. The topological polar surface area (TPSA) is 70.6 Å². The highest BCUT2D eigenvalue weighted by Crippen LogP contribution is 2.40. The van der Waals surface area contributed by atoms with Gasteiger partial charge in [-0.05, 0) is 52.0 Å². The quantitative estimate of drug-likeness (QED) is 0.244. The predicted octanol–water partition coefficient (Wildman–Crippen LogP) is 4.82. The van der Waals surface area contributed by atoms with Gasteiger partial charge < -0.3 is 20.5 Å². The molecule has 156 valence electrons. The van der Waals surface area contributed by atoms with Crippen molar-refractivity contribution in [2.24, 2.45) is 0 Å². The van der Waals surface area contributed by atoms with Gasteiger partial charge >= 0.3 is 0 Å². The minimum Gasteiger partial charge on any atom is -0.504 e. The van der Waals surface area contributed by atoms with E-state index >= 15 is 0 Å². The summed E-state index contributed by atoms with van der Waals surface area (Å²) < 4.78 is 5.82. The summed E-state index contributed by atoms with van der Waals surface area (Å²) in [4.78, 5) is 13.7. The molecule has 5 nitrogen and oxygen atoms in total. The normalized spacial score (nSPS) is 15.8. The number of ketones is 1. The van der Waals surface area contributed by atoms with Crippen LogP contribution < -0.4 is 15.4 Å². The van der Waals surface area contributed by atoms with Crippen molar-refractivity contribution in [3.63, 3.8) is 0 Å². The molecular formula is C24H19IN2O3S. The number of carbonyl (C=O) groups excluding carboxylic acids is 1. The number of thiocarbonyl (C=S) groups is 1. The maximum atomic E-state index is 13.7. The third-order valence-electron chi connectivity index (χ3n) is 5.05. The third-order valence-corrected chi connectivity index (χ3v) is 6.41. The number of benzene rings is 3. The number of phenols is 1. The summed E-state index contributed by atoms with van der Waals surface area (Å²) in [6.45, 7) is 0. The average molecular weight is 542 g/mol. The molecule has 1 atom stereocenters. The van der Waals surface area contributed by atoms with Crippen LogP contribution in [0.5, 0.6) is 11.5 Å². The van der Waals surface area contributed by atoms with E-state index in [1.54, 1.807) is 18.2 Å². The predicted molar refractivity (Wildman–Crippen MR) is 133 cm³/mol. The van der Waals surface area contributed by atoms with Crippen molar-refractivity contribution in [2.75, 3.05) is 7.11 Å². The van der Waals surface area contributed by atoms with E-state index in [2.05, 4.69) is 33.2 Å². The van der Waals surface area contributed by atoms with Gasteiger partial charge in [0.15, 0.2) is 22.4 Å². The van der Waals surface area contributed by atoms with Gasteiger partial charge in [0.05, 0.1) is 28.0 Å². The molecule has 1 aliphatic heterocycles. The van der Waals surface area contributed by atoms with E-state index in [0.717, 1.165) is 11.1 Å². The number of phenolic OH excluding ortho intramolecular Hbond substituents is 1. The van der Waals surface area contributed by atoms with Crippen molar-refractivity contribution in [2.45, 2.75) is 6.04 Å². The Balaban J connectivity index is 1.96. The van der Waals surface area contributed by atoms with Crippen LogP contribution in [0.3, 0.4) is 0 Å². The molecule has 3 aromatic rings. The van der Waals surface area contributed by atoms with Crippen LogP contribution in [0.15, 0.2) is 78.4 Å². The summed E-state index contributed by atoms with van der Waals surface area (Å²) in [5, 5.41) is 17.4. The summed E-state index contributed by atoms with van der Waals surface area (Å²) in [5.41, 5.74) is 3.32. The maximum Gasteiger partial charge on any atom is 0.193 e. The Morgan fingerprint density at radius 2 is 1.68 bits per heavy atom. The van der Waals surface area contributed by atoms with Gasteiger partial charge in [-0.2, -0.15) is 0 Å². The highest BCUT2D eigenvalue weighted by molar-refractivity contribution is 14.1. The van der Waals surface area contributed by atoms with Gasteiger partial charge in [0.25, 0.3) is 0 Å². The van der Waals surface area contributed by atoms with Gasteiger partial charge in [-0.15, -0.1) is 0 Å². The number of nitrogens with one attached hydrogen (secondary N) is 2. The Hall–Kier alpha value is -2.91. The van der Waals surface area contributed by atoms with Gasteiger partial charge in [-0.3, -0.25) is 4.79 Å². The number of hydrogen-bond donors (Lipinski definition) is 3. The van der Waals surface area contributed by atoms with Crippen LogP contribution in [0, 0.1) is 3.57 Å². The zero-order valence-electron chi connectivity index (χ0n) is 16.6. The van der Waals surface area contributed by atoms with Crippen LogP contribution in [0.1, 0.15) is 27.5 Å². The molecule has 0 bridgehead atoms. The van der Waals surface area contributed by atoms with Crippen molar-refractivity contribution >= 4 is 51.4 Å². The molecule has 0 amide bonds. The molecule has 7 heteroatoms. The molecule has 3 N–H and O–H groups in total. The molecule has 3 aromatic carbocycles. The molecule has 0 radical (unpaired) electrons. The summed E-state index contributed by atoms with van der Waals surface area (Å²) in [6.07, 6.45) is 0. The minimum atomic E-state index is -0.555.